The maximum atomic E-state index is 5.96. The highest BCUT2D eigenvalue weighted by Gasteiger charge is 2.24. The van der Waals surface area contributed by atoms with Gasteiger partial charge in [0, 0.05) is 19.8 Å². The van der Waals surface area contributed by atoms with Crippen LogP contribution >= 0.6 is 11.6 Å². The van der Waals surface area contributed by atoms with Crippen LogP contribution < -0.4 is 16.4 Å². The number of rotatable bonds is 4. The van der Waals surface area contributed by atoms with E-state index in [0.29, 0.717) is 28.5 Å². The van der Waals surface area contributed by atoms with E-state index in [0.717, 1.165) is 18.5 Å². The number of nitrogens with zero attached hydrogens (tertiary/aromatic N) is 3. The molecule has 6 nitrogen and oxygen atoms in total. The van der Waals surface area contributed by atoms with Crippen molar-refractivity contribution in [2.45, 2.75) is 12.8 Å². The third-order valence-corrected chi connectivity index (χ3v) is 3.09. The summed E-state index contributed by atoms with van der Waals surface area (Å²) in [6.07, 6.45) is 5.67. The number of aliphatic imine (C=N–C) groups is 1. The van der Waals surface area contributed by atoms with Crippen molar-refractivity contribution in [3.8, 4) is 0 Å². The molecule has 0 amide bonds. The molecule has 0 radical (unpaired) electrons. The van der Waals surface area contributed by atoms with E-state index in [1.54, 1.807) is 14.1 Å². The molecular formula is C12H17ClN6. The number of halogens is 1. The minimum Gasteiger partial charge on any atom is -0.402 e. The molecule has 1 aliphatic rings. The summed E-state index contributed by atoms with van der Waals surface area (Å²) in [7, 11) is 3.44. The lowest BCUT2D eigenvalue weighted by Gasteiger charge is -2.08. The minimum absolute atomic E-state index is 0.425. The molecule has 1 fully saturated rings. The van der Waals surface area contributed by atoms with Crippen molar-refractivity contribution in [1.29, 1.82) is 0 Å². The molecule has 1 aromatic rings. The Kier molecular flexibility index (Phi) is 4.21. The predicted molar refractivity (Wildman–Crippen MR) is 78.6 cm³/mol. The van der Waals surface area contributed by atoms with Gasteiger partial charge in [0.2, 0.25) is 5.95 Å². The van der Waals surface area contributed by atoms with Gasteiger partial charge in [-0.25, -0.2) is 4.98 Å². The Balaban J connectivity index is 2.12. The standard InChI is InChI=1S/C12H17ClN6/c1-15-10(5-9(14)7-3-4-7)18-12-17-6-8(13)11(16-2)19-12/h5-7H,3-4,14H2,1-2H3,(H2,15,16,17,18,19). The summed E-state index contributed by atoms with van der Waals surface area (Å²) < 4.78 is 0. The van der Waals surface area contributed by atoms with Crippen LogP contribution in [0.25, 0.3) is 0 Å². The highest BCUT2D eigenvalue weighted by atomic mass is 35.5. The van der Waals surface area contributed by atoms with Gasteiger partial charge in [0.1, 0.15) is 16.7 Å². The second-order valence-corrected chi connectivity index (χ2v) is 4.70. The second kappa shape index (κ2) is 5.88. The van der Waals surface area contributed by atoms with Crippen molar-refractivity contribution in [3.05, 3.63) is 23.0 Å². The van der Waals surface area contributed by atoms with Crippen LogP contribution in [0.1, 0.15) is 12.8 Å². The Morgan fingerprint density at radius 3 is 2.89 bits per heavy atom. The van der Waals surface area contributed by atoms with Crippen LogP contribution in [-0.2, 0) is 0 Å². The molecule has 4 N–H and O–H groups in total. The number of anilines is 2. The van der Waals surface area contributed by atoms with Crippen LogP contribution in [0, 0.1) is 5.92 Å². The molecule has 1 aromatic heterocycles. The summed E-state index contributed by atoms with van der Waals surface area (Å²) in [6.45, 7) is 0. The van der Waals surface area contributed by atoms with Gasteiger partial charge in [-0.3, -0.25) is 4.99 Å². The van der Waals surface area contributed by atoms with Gasteiger partial charge in [-0.05, 0) is 24.8 Å². The first-order valence-corrected chi connectivity index (χ1v) is 6.43. The molecule has 1 aliphatic carbocycles. The third kappa shape index (κ3) is 3.57. The topological polar surface area (TPSA) is 88.2 Å². The summed E-state index contributed by atoms with van der Waals surface area (Å²) in [5.41, 5.74) is 6.80. The van der Waals surface area contributed by atoms with Gasteiger partial charge in [0.05, 0.1) is 6.20 Å². The predicted octanol–water partition coefficient (Wildman–Crippen LogP) is 1.86. The summed E-state index contributed by atoms with van der Waals surface area (Å²) >= 11 is 5.92. The van der Waals surface area contributed by atoms with E-state index in [1.165, 1.54) is 6.20 Å². The normalized spacial score (nSPS) is 16.4. The zero-order chi connectivity index (χ0) is 13.8. The van der Waals surface area contributed by atoms with Gasteiger partial charge >= 0.3 is 0 Å². The SMILES string of the molecule is CN=C(C=C(N)C1CC1)Nc1ncc(Cl)c(NC)n1. The van der Waals surface area contributed by atoms with E-state index >= 15 is 0 Å². The van der Waals surface area contributed by atoms with Crippen molar-refractivity contribution >= 4 is 29.2 Å². The van der Waals surface area contributed by atoms with Crippen LogP contribution in [0.2, 0.25) is 5.02 Å². The van der Waals surface area contributed by atoms with Gasteiger partial charge < -0.3 is 16.4 Å². The Labute approximate surface area is 117 Å². The number of aromatic nitrogens is 2. The smallest absolute Gasteiger partial charge is 0.230 e. The van der Waals surface area contributed by atoms with E-state index in [1.807, 2.05) is 6.08 Å². The Morgan fingerprint density at radius 2 is 2.32 bits per heavy atom. The van der Waals surface area contributed by atoms with Crippen LogP contribution in [0.3, 0.4) is 0 Å². The fraction of sp³-hybridized carbons (Fsp3) is 0.417. The first kappa shape index (κ1) is 13.6. The monoisotopic (exact) mass is 280 g/mol. The molecule has 1 saturated carbocycles. The van der Waals surface area contributed by atoms with Gasteiger partial charge in [0.25, 0.3) is 0 Å². The molecule has 0 aliphatic heterocycles. The van der Waals surface area contributed by atoms with Crippen LogP contribution in [-0.4, -0.2) is 29.9 Å². The highest BCUT2D eigenvalue weighted by molar-refractivity contribution is 6.32. The lowest BCUT2D eigenvalue weighted by molar-refractivity contribution is 0.982. The van der Waals surface area contributed by atoms with E-state index in [2.05, 4.69) is 25.6 Å². The summed E-state index contributed by atoms with van der Waals surface area (Å²) in [5, 5.41) is 6.38. The number of allylic oxidation sites excluding steroid dienone is 1. The van der Waals surface area contributed by atoms with Crippen molar-refractivity contribution in [3.63, 3.8) is 0 Å². The fourth-order valence-electron chi connectivity index (χ4n) is 1.57. The average Bonchev–Trinajstić information content (AvgIpc) is 3.24. The third-order valence-electron chi connectivity index (χ3n) is 2.81. The van der Waals surface area contributed by atoms with E-state index < -0.39 is 0 Å². The van der Waals surface area contributed by atoms with Crippen molar-refractivity contribution in [2.75, 3.05) is 24.7 Å². The summed E-state index contributed by atoms with van der Waals surface area (Å²) in [4.78, 5) is 12.5. The Morgan fingerprint density at radius 1 is 1.58 bits per heavy atom. The van der Waals surface area contributed by atoms with Gasteiger partial charge in [-0.15, -0.1) is 0 Å². The molecule has 0 unspecified atom stereocenters. The van der Waals surface area contributed by atoms with Gasteiger partial charge in [-0.1, -0.05) is 11.6 Å². The average molecular weight is 281 g/mol. The quantitative estimate of drug-likeness (QED) is 0.579. The van der Waals surface area contributed by atoms with Gasteiger partial charge in [0.15, 0.2) is 0 Å². The van der Waals surface area contributed by atoms with E-state index in [9.17, 15) is 0 Å². The number of nitrogens with two attached hydrogens (primary N) is 1. The fourth-order valence-corrected chi connectivity index (χ4v) is 1.75. The van der Waals surface area contributed by atoms with Crippen molar-refractivity contribution in [2.24, 2.45) is 16.6 Å². The second-order valence-electron chi connectivity index (χ2n) is 4.29. The zero-order valence-electron chi connectivity index (χ0n) is 10.9. The number of amidine groups is 1. The first-order valence-electron chi connectivity index (χ1n) is 6.05. The largest absolute Gasteiger partial charge is 0.402 e. The molecule has 0 aromatic carbocycles. The summed E-state index contributed by atoms with van der Waals surface area (Å²) in [6, 6.07) is 0. The Bertz CT molecular complexity index is 521. The lowest BCUT2D eigenvalue weighted by Crippen LogP contribution is -2.15. The maximum Gasteiger partial charge on any atom is 0.230 e. The van der Waals surface area contributed by atoms with Gasteiger partial charge in [-0.2, -0.15) is 4.98 Å². The molecule has 102 valence electrons. The molecular weight excluding hydrogens is 264 g/mol. The number of nitrogens with one attached hydrogen (secondary N) is 2. The first-order chi connectivity index (χ1) is 9.13. The Hall–Kier alpha value is -1.82. The minimum atomic E-state index is 0.425. The zero-order valence-corrected chi connectivity index (χ0v) is 11.7. The molecule has 7 heteroatoms. The number of hydrogen-bond donors (Lipinski definition) is 3. The molecule has 1 heterocycles. The van der Waals surface area contributed by atoms with Crippen molar-refractivity contribution < 1.29 is 0 Å². The van der Waals surface area contributed by atoms with E-state index in [4.69, 9.17) is 17.3 Å². The van der Waals surface area contributed by atoms with Crippen LogP contribution in [0.4, 0.5) is 11.8 Å². The maximum absolute atomic E-state index is 5.96. The molecule has 2 rings (SSSR count). The molecule has 0 spiro atoms. The molecule has 0 atom stereocenters. The lowest BCUT2D eigenvalue weighted by atomic mass is 10.3. The molecule has 0 bridgehead atoms. The van der Waals surface area contributed by atoms with E-state index in [-0.39, 0.29) is 0 Å². The number of hydrogen-bond acceptors (Lipinski definition) is 5. The summed E-state index contributed by atoms with van der Waals surface area (Å²) in [5.74, 6) is 2.12. The highest BCUT2D eigenvalue weighted by Crippen LogP contribution is 2.33. The molecule has 0 saturated heterocycles. The van der Waals surface area contributed by atoms with Crippen LogP contribution in [0.15, 0.2) is 23.0 Å². The molecule has 19 heavy (non-hydrogen) atoms. The van der Waals surface area contributed by atoms with Crippen molar-refractivity contribution in [1.82, 2.24) is 9.97 Å². The van der Waals surface area contributed by atoms with Crippen LogP contribution in [0.5, 0.6) is 0 Å².